The zero-order chi connectivity index (χ0) is 15.1. The van der Waals surface area contributed by atoms with Gasteiger partial charge in [0.25, 0.3) is 5.91 Å². The molecule has 0 saturated heterocycles. The van der Waals surface area contributed by atoms with Crippen molar-refractivity contribution < 1.29 is 4.79 Å². The number of aromatic nitrogens is 2. The molecule has 1 amide bonds. The van der Waals surface area contributed by atoms with E-state index in [9.17, 15) is 4.79 Å². The summed E-state index contributed by atoms with van der Waals surface area (Å²) >= 11 is 0. The van der Waals surface area contributed by atoms with Gasteiger partial charge in [0.05, 0.1) is 12.9 Å². The topological polar surface area (TPSA) is 72.9 Å². The first-order valence-electron chi connectivity index (χ1n) is 6.74. The summed E-state index contributed by atoms with van der Waals surface area (Å²) in [5.74, 6) is 5.71. The molecule has 3 N–H and O–H groups in total. The van der Waals surface area contributed by atoms with Crippen molar-refractivity contribution in [1.82, 2.24) is 14.9 Å². The summed E-state index contributed by atoms with van der Waals surface area (Å²) in [6.45, 7) is 3.52. The molecule has 2 rings (SSSR count). The van der Waals surface area contributed by atoms with E-state index in [0.29, 0.717) is 25.2 Å². The Balaban J connectivity index is 1.94. The van der Waals surface area contributed by atoms with Crippen LogP contribution in [0.25, 0.3) is 0 Å². The van der Waals surface area contributed by atoms with Gasteiger partial charge in [-0.25, -0.2) is 4.98 Å². The van der Waals surface area contributed by atoms with Gasteiger partial charge in [-0.1, -0.05) is 11.8 Å². The molecule has 1 aromatic carbocycles. The molecular formula is C16H18N4O. The summed E-state index contributed by atoms with van der Waals surface area (Å²) in [7, 11) is 0. The van der Waals surface area contributed by atoms with Crippen molar-refractivity contribution in [1.29, 1.82) is 0 Å². The minimum absolute atomic E-state index is 0.0865. The number of amides is 1. The Morgan fingerprint density at radius 1 is 1.48 bits per heavy atom. The molecule has 0 aliphatic rings. The SMILES string of the molecule is Cc1cc(C(=O)NCCn2ccnc2)ccc1C#CCN. The van der Waals surface area contributed by atoms with E-state index in [1.807, 2.05) is 29.8 Å². The fourth-order valence-electron chi connectivity index (χ4n) is 1.91. The first-order chi connectivity index (χ1) is 10.2. The Bertz CT molecular complexity index is 665. The number of imidazole rings is 1. The second-order valence-electron chi connectivity index (χ2n) is 4.59. The molecule has 1 aromatic heterocycles. The monoisotopic (exact) mass is 282 g/mol. The molecule has 0 spiro atoms. The minimum atomic E-state index is -0.0865. The first-order valence-corrected chi connectivity index (χ1v) is 6.74. The van der Waals surface area contributed by atoms with E-state index in [2.05, 4.69) is 22.1 Å². The Hall–Kier alpha value is -2.58. The van der Waals surface area contributed by atoms with Gasteiger partial charge >= 0.3 is 0 Å². The summed E-state index contributed by atoms with van der Waals surface area (Å²) in [6.07, 6.45) is 5.30. The highest BCUT2D eigenvalue weighted by molar-refractivity contribution is 5.94. The molecule has 0 fully saturated rings. The van der Waals surface area contributed by atoms with Crippen LogP contribution in [0.3, 0.4) is 0 Å². The van der Waals surface area contributed by atoms with Crippen LogP contribution >= 0.6 is 0 Å². The van der Waals surface area contributed by atoms with Gasteiger partial charge < -0.3 is 15.6 Å². The number of nitrogens with zero attached hydrogens (tertiary/aromatic N) is 2. The van der Waals surface area contributed by atoms with E-state index < -0.39 is 0 Å². The van der Waals surface area contributed by atoms with Gasteiger partial charge in [0, 0.05) is 36.6 Å². The van der Waals surface area contributed by atoms with E-state index in [-0.39, 0.29) is 5.91 Å². The molecule has 5 heteroatoms. The van der Waals surface area contributed by atoms with Crippen molar-refractivity contribution >= 4 is 5.91 Å². The predicted molar refractivity (Wildman–Crippen MR) is 81.7 cm³/mol. The zero-order valence-corrected chi connectivity index (χ0v) is 12.0. The van der Waals surface area contributed by atoms with Crippen LogP contribution in [-0.2, 0) is 6.54 Å². The molecular weight excluding hydrogens is 264 g/mol. The summed E-state index contributed by atoms with van der Waals surface area (Å²) < 4.78 is 1.91. The highest BCUT2D eigenvalue weighted by atomic mass is 16.1. The van der Waals surface area contributed by atoms with E-state index >= 15 is 0 Å². The lowest BCUT2D eigenvalue weighted by Crippen LogP contribution is -2.27. The molecule has 1 heterocycles. The maximum atomic E-state index is 12.1. The van der Waals surface area contributed by atoms with Crippen LogP contribution in [0.5, 0.6) is 0 Å². The van der Waals surface area contributed by atoms with Crippen LogP contribution in [0, 0.1) is 18.8 Å². The molecule has 0 atom stereocenters. The first kappa shape index (κ1) is 14.8. The molecule has 21 heavy (non-hydrogen) atoms. The lowest BCUT2D eigenvalue weighted by atomic mass is 10.0. The van der Waals surface area contributed by atoms with Gasteiger partial charge in [-0.15, -0.1) is 0 Å². The molecule has 2 aromatic rings. The van der Waals surface area contributed by atoms with Crippen LogP contribution in [0.4, 0.5) is 0 Å². The Kier molecular flexibility index (Phi) is 5.13. The van der Waals surface area contributed by atoms with Crippen molar-refractivity contribution in [2.75, 3.05) is 13.1 Å². The lowest BCUT2D eigenvalue weighted by molar-refractivity contribution is 0.0952. The zero-order valence-electron chi connectivity index (χ0n) is 12.0. The molecule has 0 saturated carbocycles. The van der Waals surface area contributed by atoms with E-state index in [1.165, 1.54) is 0 Å². The van der Waals surface area contributed by atoms with Crippen molar-refractivity contribution in [3.63, 3.8) is 0 Å². The number of carbonyl (C=O) groups excluding carboxylic acids is 1. The Labute approximate surface area is 124 Å². The summed E-state index contributed by atoms with van der Waals surface area (Å²) in [6, 6.07) is 5.47. The third-order valence-electron chi connectivity index (χ3n) is 3.03. The molecule has 0 bridgehead atoms. The van der Waals surface area contributed by atoms with E-state index in [4.69, 9.17) is 5.73 Å². The number of hydrogen-bond donors (Lipinski definition) is 2. The molecule has 0 radical (unpaired) electrons. The van der Waals surface area contributed by atoms with Gasteiger partial charge in [0.2, 0.25) is 0 Å². The van der Waals surface area contributed by atoms with Gasteiger partial charge in [0.1, 0.15) is 0 Å². The number of nitrogens with two attached hydrogens (primary N) is 1. The maximum Gasteiger partial charge on any atom is 0.251 e. The second-order valence-corrected chi connectivity index (χ2v) is 4.59. The maximum absolute atomic E-state index is 12.1. The molecule has 108 valence electrons. The highest BCUT2D eigenvalue weighted by Gasteiger charge is 2.06. The largest absolute Gasteiger partial charge is 0.350 e. The van der Waals surface area contributed by atoms with Crippen molar-refractivity contribution in [3.8, 4) is 11.8 Å². The van der Waals surface area contributed by atoms with Gasteiger partial charge in [0.15, 0.2) is 0 Å². The standard InChI is InChI=1S/C16H18N4O/c1-13-11-15(5-4-14(13)3-2-6-17)16(21)19-8-10-20-9-7-18-12-20/h4-5,7,9,11-12H,6,8,10,17H2,1H3,(H,19,21). The van der Waals surface area contributed by atoms with E-state index in [0.717, 1.165) is 11.1 Å². The van der Waals surface area contributed by atoms with Gasteiger partial charge in [-0.05, 0) is 30.7 Å². The molecule has 0 unspecified atom stereocenters. The normalized spacial score (nSPS) is 9.81. The van der Waals surface area contributed by atoms with Crippen LogP contribution in [0.2, 0.25) is 0 Å². The second kappa shape index (κ2) is 7.27. The number of nitrogens with one attached hydrogen (secondary N) is 1. The number of rotatable bonds is 4. The Morgan fingerprint density at radius 3 is 3.00 bits per heavy atom. The highest BCUT2D eigenvalue weighted by Crippen LogP contribution is 2.10. The number of benzene rings is 1. The van der Waals surface area contributed by atoms with Crippen molar-refractivity contribution in [3.05, 3.63) is 53.6 Å². The average Bonchev–Trinajstić information content (AvgIpc) is 2.99. The van der Waals surface area contributed by atoms with E-state index in [1.54, 1.807) is 18.6 Å². The van der Waals surface area contributed by atoms with Crippen LogP contribution in [0.15, 0.2) is 36.9 Å². The van der Waals surface area contributed by atoms with Crippen molar-refractivity contribution in [2.24, 2.45) is 5.73 Å². The third-order valence-corrected chi connectivity index (χ3v) is 3.03. The number of aryl methyl sites for hydroxylation is 1. The fourth-order valence-corrected chi connectivity index (χ4v) is 1.91. The predicted octanol–water partition coefficient (Wildman–Crippen LogP) is 0.932. The van der Waals surface area contributed by atoms with Crippen LogP contribution in [-0.4, -0.2) is 28.5 Å². The summed E-state index contributed by atoms with van der Waals surface area (Å²) in [5, 5.41) is 2.88. The van der Waals surface area contributed by atoms with Crippen molar-refractivity contribution in [2.45, 2.75) is 13.5 Å². The minimum Gasteiger partial charge on any atom is -0.350 e. The molecule has 0 aliphatic carbocycles. The summed E-state index contributed by atoms with van der Waals surface area (Å²) in [5.41, 5.74) is 7.86. The number of hydrogen-bond acceptors (Lipinski definition) is 3. The Morgan fingerprint density at radius 2 is 2.33 bits per heavy atom. The van der Waals surface area contributed by atoms with Crippen LogP contribution in [0.1, 0.15) is 21.5 Å². The lowest BCUT2D eigenvalue weighted by Gasteiger charge is -2.07. The summed E-state index contributed by atoms with van der Waals surface area (Å²) in [4.78, 5) is 16.0. The quantitative estimate of drug-likeness (QED) is 0.819. The third kappa shape index (κ3) is 4.20. The fraction of sp³-hybridized carbons (Fsp3) is 0.250. The number of carbonyl (C=O) groups is 1. The molecule has 0 aliphatic heterocycles. The van der Waals surface area contributed by atoms with Gasteiger partial charge in [-0.2, -0.15) is 0 Å². The van der Waals surface area contributed by atoms with Gasteiger partial charge in [-0.3, -0.25) is 4.79 Å². The average molecular weight is 282 g/mol. The smallest absolute Gasteiger partial charge is 0.251 e. The van der Waals surface area contributed by atoms with Crippen LogP contribution < -0.4 is 11.1 Å². The molecule has 5 nitrogen and oxygen atoms in total.